The van der Waals surface area contributed by atoms with Crippen LogP contribution < -0.4 is 9.47 Å². The summed E-state index contributed by atoms with van der Waals surface area (Å²) < 4.78 is 14.2. The average molecular weight is 569 g/mol. The van der Waals surface area contributed by atoms with Crippen molar-refractivity contribution in [3.8, 4) is 23.0 Å². The van der Waals surface area contributed by atoms with Gasteiger partial charge in [-0.2, -0.15) is 4.98 Å². The quantitative estimate of drug-likeness (QED) is 0.266. The summed E-state index contributed by atoms with van der Waals surface area (Å²) in [6.07, 6.45) is 6.64. The van der Waals surface area contributed by atoms with Crippen LogP contribution in [0.25, 0.3) is 22.6 Å². The molecule has 1 N–H and O–H groups in total. The lowest BCUT2D eigenvalue weighted by Gasteiger charge is -2.15. The molecule has 39 heavy (non-hydrogen) atoms. The maximum Gasteiger partial charge on any atom is 0.245 e. The van der Waals surface area contributed by atoms with Crippen LogP contribution in [0.15, 0.2) is 42.9 Å². The van der Waals surface area contributed by atoms with Crippen molar-refractivity contribution >= 4 is 34.4 Å². The molecule has 1 saturated heterocycles. The van der Waals surface area contributed by atoms with E-state index in [1.807, 2.05) is 28.8 Å². The number of imidazole rings is 1. The van der Waals surface area contributed by atoms with Crippen molar-refractivity contribution in [1.29, 1.82) is 0 Å². The van der Waals surface area contributed by atoms with Crippen LogP contribution in [0.2, 0.25) is 10.0 Å². The minimum Gasteiger partial charge on any atom is -0.493 e. The topological polar surface area (TPSA) is 98.4 Å². The molecule has 2 aliphatic rings. The summed E-state index contributed by atoms with van der Waals surface area (Å²) in [5.74, 6) is 1.78. The van der Waals surface area contributed by atoms with Crippen molar-refractivity contribution in [3.63, 3.8) is 0 Å². The number of pyridine rings is 1. The Morgan fingerprint density at radius 2 is 2.00 bits per heavy atom. The van der Waals surface area contributed by atoms with E-state index in [0.717, 1.165) is 56.6 Å². The van der Waals surface area contributed by atoms with E-state index < -0.39 is 0 Å². The molecule has 9 nitrogen and oxygen atoms in total. The Hall–Kier alpha value is -2.98. The van der Waals surface area contributed by atoms with Crippen LogP contribution in [0.5, 0.6) is 11.6 Å². The summed E-state index contributed by atoms with van der Waals surface area (Å²) >= 11 is 13.1. The minimum atomic E-state index is -0.217. The van der Waals surface area contributed by atoms with Crippen LogP contribution in [0.4, 0.5) is 0 Å². The number of hydrogen-bond donors (Lipinski definition) is 1. The van der Waals surface area contributed by atoms with E-state index in [1.54, 1.807) is 12.3 Å². The lowest BCUT2D eigenvalue weighted by molar-refractivity contribution is 0.173. The van der Waals surface area contributed by atoms with Crippen molar-refractivity contribution in [3.05, 3.63) is 58.6 Å². The second-order valence-corrected chi connectivity index (χ2v) is 11.3. The summed E-state index contributed by atoms with van der Waals surface area (Å²) in [4.78, 5) is 20.6. The summed E-state index contributed by atoms with van der Waals surface area (Å²) in [6, 6.07) is 9.19. The van der Waals surface area contributed by atoms with Gasteiger partial charge in [0.2, 0.25) is 5.88 Å². The van der Waals surface area contributed by atoms with Gasteiger partial charge in [0.25, 0.3) is 0 Å². The van der Waals surface area contributed by atoms with E-state index in [9.17, 15) is 5.11 Å². The highest BCUT2D eigenvalue weighted by Crippen LogP contribution is 2.41. The molecular formula is C28H30Cl2N6O3. The molecule has 0 amide bonds. The zero-order chi connectivity index (χ0) is 27.0. The van der Waals surface area contributed by atoms with Crippen molar-refractivity contribution in [2.45, 2.75) is 50.9 Å². The third-order valence-corrected chi connectivity index (χ3v) is 7.76. The van der Waals surface area contributed by atoms with Gasteiger partial charge in [0, 0.05) is 36.4 Å². The fraction of sp³-hybridized carbons (Fsp3) is 0.429. The number of halogens is 2. The summed E-state index contributed by atoms with van der Waals surface area (Å²) in [5, 5.41) is 10.8. The number of aliphatic hydroxyl groups excluding tert-OH is 1. The molecule has 1 atom stereocenters. The number of β-amino-alcohol motifs (C(OH)–C–C–N with tert-alkyl or cyclic N) is 1. The second kappa shape index (κ2) is 10.9. The predicted octanol–water partition coefficient (Wildman–Crippen LogP) is 5.01. The highest BCUT2D eigenvalue weighted by atomic mass is 35.5. The first-order valence-corrected chi connectivity index (χ1v) is 14.0. The molecule has 0 radical (unpaired) electrons. The number of rotatable bonds is 10. The van der Waals surface area contributed by atoms with Gasteiger partial charge in [0.15, 0.2) is 11.2 Å². The zero-order valence-electron chi connectivity index (χ0n) is 21.7. The van der Waals surface area contributed by atoms with Gasteiger partial charge in [0.1, 0.15) is 23.5 Å². The van der Waals surface area contributed by atoms with E-state index in [4.69, 9.17) is 37.7 Å². The molecule has 1 aliphatic carbocycles. The molecule has 3 aromatic heterocycles. The average Bonchev–Trinajstić information content (AvgIpc) is 3.31. The predicted molar refractivity (Wildman–Crippen MR) is 150 cm³/mol. The lowest BCUT2D eigenvalue weighted by Crippen LogP contribution is -2.24. The number of nitrogens with zero attached hydrogens (tertiary/aromatic N) is 6. The fourth-order valence-electron chi connectivity index (χ4n) is 4.82. The normalized spacial score (nSPS) is 18.5. The van der Waals surface area contributed by atoms with Crippen LogP contribution in [-0.2, 0) is 6.54 Å². The van der Waals surface area contributed by atoms with Gasteiger partial charge in [-0.05, 0) is 62.9 Å². The van der Waals surface area contributed by atoms with Gasteiger partial charge in [-0.25, -0.2) is 9.97 Å². The summed E-state index contributed by atoms with van der Waals surface area (Å²) in [6.45, 7) is 5.59. The molecule has 11 heteroatoms. The zero-order valence-corrected chi connectivity index (χ0v) is 23.2. The van der Waals surface area contributed by atoms with Crippen LogP contribution in [0.1, 0.15) is 38.3 Å². The van der Waals surface area contributed by atoms with Crippen molar-refractivity contribution < 1.29 is 14.6 Å². The molecule has 2 fully saturated rings. The van der Waals surface area contributed by atoms with Gasteiger partial charge in [-0.3, -0.25) is 4.98 Å². The first-order valence-electron chi connectivity index (χ1n) is 13.2. The second-order valence-electron chi connectivity index (χ2n) is 10.5. The van der Waals surface area contributed by atoms with Crippen molar-refractivity contribution in [2.24, 2.45) is 0 Å². The lowest BCUT2D eigenvalue weighted by atomic mass is 10.2. The Bertz CT molecular complexity index is 1490. The van der Waals surface area contributed by atoms with Crippen LogP contribution in [-0.4, -0.2) is 72.5 Å². The van der Waals surface area contributed by atoms with Crippen LogP contribution in [0, 0.1) is 0 Å². The van der Waals surface area contributed by atoms with E-state index in [2.05, 4.69) is 26.8 Å². The monoisotopic (exact) mass is 568 g/mol. The summed E-state index contributed by atoms with van der Waals surface area (Å²) in [5.41, 5.74) is 2.49. The molecule has 1 saturated carbocycles. The van der Waals surface area contributed by atoms with Crippen LogP contribution >= 0.6 is 23.2 Å². The fourth-order valence-corrected chi connectivity index (χ4v) is 5.25. The number of fused-ring (bicyclic) bond motifs is 1. The first-order chi connectivity index (χ1) is 18.9. The Balaban J connectivity index is 1.28. The molecule has 0 bridgehead atoms. The Labute approximate surface area is 236 Å². The Morgan fingerprint density at radius 1 is 1.13 bits per heavy atom. The third-order valence-electron chi connectivity index (χ3n) is 7.21. The highest BCUT2D eigenvalue weighted by molar-refractivity contribution is 6.33. The minimum absolute atomic E-state index is 0.207. The third kappa shape index (κ3) is 5.96. The Morgan fingerprint density at radius 3 is 2.74 bits per heavy atom. The van der Waals surface area contributed by atoms with E-state index in [-0.39, 0.29) is 11.7 Å². The molecule has 204 valence electrons. The van der Waals surface area contributed by atoms with Gasteiger partial charge < -0.3 is 24.0 Å². The van der Waals surface area contributed by atoms with E-state index in [0.29, 0.717) is 51.8 Å². The number of aromatic nitrogens is 5. The maximum atomic E-state index is 9.69. The molecular weight excluding hydrogens is 539 g/mol. The number of aliphatic hydroxyl groups is 1. The first kappa shape index (κ1) is 26.3. The highest BCUT2D eigenvalue weighted by Gasteiger charge is 2.41. The molecule has 0 spiro atoms. The van der Waals surface area contributed by atoms with E-state index in [1.165, 1.54) is 6.33 Å². The van der Waals surface area contributed by atoms with Crippen molar-refractivity contribution in [1.82, 2.24) is 29.4 Å². The maximum absolute atomic E-state index is 9.69. The van der Waals surface area contributed by atoms with E-state index >= 15 is 0 Å². The van der Waals surface area contributed by atoms with Crippen molar-refractivity contribution in [2.75, 3.05) is 26.2 Å². The standard InChI is InChI=1S/C28H30Cl2N6O3/c1-28(7-8-28)39-27-24-26(32-17-33-27)36(15-19-13-18(29)5-9-31-19)25(34-24)22-4-3-21(14-23(22)30)38-12-2-10-35-11-6-20(37)16-35/h3-5,9,13-14,17,20,37H,2,6-8,10-12,15-16H2,1H3/t20-/m0/s1. The van der Waals surface area contributed by atoms with Crippen LogP contribution in [0.3, 0.4) is 0 Å². The number of likely N-dealkylation sites (tertiary alicyclic amines) is 1. The largest absolute Gasteiger partial charge is 0.493 e. The van der Waals surface area contributed by atoms with Gasteiger partial charge >= 0.3 is 0 Å². The smallest absolute Gasteiger partial charge is 0.245 e. The van der Waals surface area contributed by atoms with Gasteiger partial charge in [-0.1, -0.05) is 23.2 Å². The number of ether oxygens (including phenoxy) is 2. The van der Waals surface area contributed by atoms with Gasteiger partial charge in [0.05, 0.1) is 30.0 Å². The molecule has 6 rings (SSSR count). The molecule has 1 aliphatic heterocycles. The number of hydrogen-bond acceptors (Lipinski definition) is 8. The number of benzene rings is 1. The summed E-state index contributed by atoms with van der Waals surface area (Å²) in [7, 11) is 0. The molecule has 0 unspecified atom stereocenters. The SMILES string of the molecule is CC1(Oc2ncnc3c2nc(-c2ccc(OCCCN4CC[C@H](O)C4)cc2Cl)n3Cc2cc(Cl)ccn2)CC1. The molecule has 4 aromatic rings. The molecule has 1 aromatic carbocycles. The Kier molecular flexibility index (Phi) is 7.33. The molecule has 4 heterocycles. The van der Waals surface area contributed by atoms with Gasteiger partial charge in [-0.15, -0.1) is 0 Å².